The van der Waals surface area contributed by atoms with Gasteiger partial charge >= 0.3 is 6.09 Å². The molecule has 29 heavy (non-hydrogen) atoms. The Morgan fingerprint density at radius 2 is 1.86 bits per heavy atom. The van der Waals surface area contributed by atoms with Crippen LogP contribution in [0, 0.1) is 0 Å². The maximum absolute atomic E-state index is 12.8. The molecule has 5 nitrogen and oxygen atoms in total. The Hall–Kier alpha value is -2.08. The van der Waals surface area contributed by atoms with E-state index in [9.17, 15) is 4.79 Å². The molecule has 2 unspecified atom stereocenters. The Labute approximate surface area is 177 Å². The van der Waals surface area contributed by atoms with Gasteiger partial charge in [0.05, 0.1) is 25.8 Å². The van der Waals surface area contributed by atoms with Gasteiger partial charge in [0.1, 0.15) is 6.10 Å². The van der Waals surface area contributed by atoms with E-state index in [2.05, 4.69) is 17.0 Å². The minimum Gasteiger partial charge on any atom is -0.444 e. The van der Waals surface area contributed by atoms with E-state index in [1.807, 2.05) is 47.4 Å². The maximum Gasteiger partial charge on any atom is 0.410 e. The molecular formula is C23H27ClN2O3. The van der Waals surface area contributed by atoms with Gasteiger partial charge in [-0.2, -0.15) is 0 Å². The van der Waals surface area contributed by atoms with Crippen molar-refractivity contribution in [2.45, 2.75) is 25.0 Å². The lowest BCUT2D eigenvalue weighted by molar-refractivity contribution is 0.0341. The molecular weight excluding hydrogens is 388 g/mol. The van der Waals surface area contributed by atoms with Crippen molar-refractivity contribution in [3.63, 3.8) is 0 Å². The number of carbonyl (C=O) groups excluding carboxylic acids is 1. The largest absolute Gasteiger partial charge is 0.444 e. The van der Waals surface area contributed by atoms with E-state index in [1.54, 1.807) is 0 Å². The molecule has 2 fully saturated rings. The summed E-state index contributed by atoms with van der Waals surface area (Å²) < 4.78 is 11.2. The van der Waals surface area contributed by atoms with Crippen LogP contribution in [0.15, 0.2) is 54.6 Å². The number of rotatable bonds is 7. The monoisotopic (exact) mass is 414 g/mol. The van der Waals surface area contributed by atoms with Crippen molar-refractivity contribution in [2.75, 3.05) is 39.4 Å². The number of morpholine rings is 1. The van der Waals surface area contributed by atoms with E-state index in [0.717, 1.165) is 50.4 Å². The zero-order valence-electron chi connectivity index (χ0n) is 16.5. The first-order valence-electron chi connectivity index (χ1n) is 10.3. The van der Waals surface area contributed by atoms with Crippen molar-refractivity contribution in [1.82, 2.24) is 9.80 Å². The van der Waals surface area contributed by atoms with Gasteiger partial charge in [0.2, 0.25) is 0 Å². The highest BCUT2D eigenvalue weighted by atomic mass is 35.5. The zero-order chi connectivity index (χ0) is 20.1. The number of benzene rings is 2. The second-order valence-corrected chi connectivity index (χ2v) is 8.10. The number of carbonyl (C=O) groups is 1. The smallest absolute Gasteiger partial charge is 0.410 e. The molecule has 2 aromatic rings. The maximum atomic E-state index is 12.8. The number of halogens is 1. The SMILES string of the molecule is O=C1OC(Cc2cccc(Cl)c2)CN1C(CCN1CCOCC1)c1ccccc1. The zero-order valence-corrected chi connectivity index (χ0v) is 17.3. The third-order valence-electron chi connectivity index (χ3n) is 5.64. The van der Waals surface area contributed by atoms with Gasteiger partial charge in [0, 0.05) is 31.1 Å². The third-order valence-corrected chi connectivity index (χ3v) is 5.87. The van der Waals surface area contributed by atoms with Crippen LogP contribution >= 0.6 is 11.6 Å². The number of cyclic esters (lactones) is 1. The van der Waals surface area contributed by atoms with Crippen molar-refractivity contribution in [1.29, 1.82) is 0 Å². The molecule has 4 rings (SSSR count). The van der Waals surface area contributed by atoms with Crippen LogP contribution < -0.4 is 0 Å². The predicted octanol–water partition coefficient (Wildman–Crippen LogP) is 4.17. The van der Waals surface area contributed by atoms with Crippen LogP contribution in [0.1, 0.15) is 23.6 Å². The Morgan fingerprint density at radius 3 is 2.62 bits per heavy atom. The standard InChI is InChI=1S/C23H27ClN2O3/c24-20-8-4-5-18(15-20)16-21-17-26(23(27)29-21)22(19-6-2-1-3-7-19)9-10-25-11-13-28-14-12-25/h1-8,15,21-22H,9-14,16-17H2. The van der Waals surface area contributed by atoms with Gasteiger partial charge in [-0.15, -0.1) is 0 Å². The molecule has 0 aliphatic carbocycles. The van der Waals surface area contributed by atoms with Crippen LogP contribution in [0.5, 0.6) is 0 Å². The molecule has 2 atom stereocenters. The normalized spacial score (nSPS) is 21.2. The lowest BCUT2D eigenvalue weighted by atomic mass is 10.0. The van der Waals surface area contributed by atoms with E-state index in [4.69, 9.17) is 21.1 Å². The molecule has 6 heteroatoms. The van der Waals surface area contributed by atoms with Crippen molar-refractivity contribution < 1.29 is 14.3 Å². The van der Waals surface area contributed by atoms with Gasteiger partial charge in [-0.05, 0) is 29.7 Å². The Bertz CT molecular complexity index is 811. The van der Waals surface area contributed by atoms with Crippen LogP contribution in [0.4, 0.5) is 4.79 Å². The summed E-state index contributed by atoms with van der Waals surface area (Å²) in [6.45, 7) is 4.99. The van der Waals surface area contributed by atoms with Crippen molar-refractivity contribution in [2.24, 2.45) is 0 Å². The van der Waals surface area contributed by atoms with E-state index in [-0.39, 0.29) is 18.2 Å². The molecule has 0 radical (unpaired) electrons. The number of hydrogen-bond donors (Lipinski definition) is 0. The van der Waals surface area contributed by atoms with Gasteiger partial charge < -0.3 is 9.47 Å². The minimum absolute atomic E-state index is 0.0101. The number of ether oxygens (including phenoxy) is 2. The van der Waals surface area contributed by atoms with E-state index in [0.29, 0.717) is 18.0 Å². The highest BCUT2D eigenvalue weighted by molar-refractivity contribution is 6.30. The summed E-state index contributed by atoms with van der Waals surface area (Å²) in [7, 11) is 0. The molecule has 2 aliphatic rings. The summed E-state index contributed by atoms with van der Waals surface area (Å²) >= 11 is 6.10. The van der Waals surface area contributed by atoms with Crippen molar-refractivity contribution in [3.8, 4) is 0 Å². The molecule has 2 saturated heterocycles. The minimum atomic E-state index is -0.229. The van der Waals surface area contributed by atoms with E-state index in [1.165, 1.54) is 0 Å². The lowest BCUT2D eigenvalue weighted by Gasteiger charge is -2.31. The summed E-state index contributed by atoms with van der Waals surface area (Å²) in [4.78, 5) is 17.1. The second kappa shape index (κ2) is 9.61. The lowest BCUT2D eigenvalue weighted by Crippen LogP contribution is -2.39. The number of hydrogen-bond acceptors (Lipinski definition) is 4. The van der Waals surface area contributed by atoms with Crippen LogP contribution in [0.2, 0.25) is 5.02 Å². The molecule has 0 N–H and O–H groups in total. The second-order valence-electron chi connectivity index (χ2n) is 7.66. The van der Waals surface area contributed by atoms with Gasteiger partial charge in [-0.3, -0.25) is 9.80 Å². The summed E-state index contributed by atoms with van der Waals surface area (Å²) in [5.74, 6) is 0. The Balaban J connectivity index is 1.45. The molecule has 0 spiro atoms. The quantitative estimate of drug-likeness (QED) is 0.682. The molecule has 1 amide bonds. The van der Waals surface area contributed by atoms with Gasteiger partial charge in [0.25, 0.3) is 0 Å². The molecule has 0 saturated carbocycles. The number of amides is 1. The van der Waals surface area contributed by atoms with Gasteiger partial charge in [-0.1, -0.05) is 54.1 Å². The average Bonchev–Trinajstić information content (AvgIpc) is 3.09. The van der Waals surface area contributed by atoms with Crippen molar-refractivity contribution in [3.05, 3.63) is 70.7 Å². The third kappa shape index (κ3) is 5.30. The molecule has 0 aromatic heterocycles. The van der Waals surface area contributed by atoms with Crippen LogP contribution in [-0.2, 0) is 15.9 Å². The summed E-state index contributed by atoms with van der Waals surface area (Å²) in [6, 6.07) is 18.0. The van der Waals surface area contributed by atoms with Crippen LogP contribution in [-0.4, -0.2) is 61.4 Å². The first kappa shape index (κ1) is 20.2. The first-order chi connectivity index (χ1) is 14.2. The molecule has 154 valence electrons. The predicted molar refractivity (Wildman–Crippen MR) is 113 cm³/mol. The fourth-order valence-electron chi connectivity index (χ4n) is 4.14. The summed E-state index contributed by atoms with van der Waals surface area (Å²) in [6.07, 6.45) is 1.17. The molecule has 0 bridgehead atoms. The Morgan fingerprint density at radius 1 is 1.07 bits per heavy atom. The highest BCUT2D eigenvalue weighted by Gasteiger charge is 2.36. The van der Waals surface area contributed by atoms with Crippen molar-refractivity contribution >= 4 is 17.7 Å². The molecule has 2 aromatic carbocycles. The highest BCUT2D eigenvalue weighted by Crippen LogP contribution is 2.30. The van der Waals surface area contributed by atoms with Gasteiger partial charge in [0.15, 0.2) is 0 Å². The topological polar surface area (TPSA) is 42.0 Å². The van der Waals surface area contributed by atoms with E-state index >= 15 is 0 Å². The van der Waals surface area contributed by atoms with E-state index < -0.39 is 0 Å². The summed E-state index contributed by atoms with van der Waals surface area (Å²) in [5, 5.41) is 0.705. The first-order valence-corrected chi connectivity index (χ1v) is 10.6. The molecule has 2 heterocycles. The van der Waals surface area contributed by atoms with Crippen LogP contribution in [0.25, 0.3) is 0 Å². The number of nitrogens with zero attached hydrogens (tertiary/aromatic N) is 2. The fourth-order valence-corrected chi connectivity index (χ4v) is 4.35. The molecule has 2 aliphatic heterocycles. The Kier molecular flexibility index (Phi) is 6.70. The van der Waals surface area contributed by atoms with Crippen LogP contribution in [0.3, 0.4) is 0 Å². The fraction of sp³-hybridized carbons (Fsp3) is 0.435. The summed E-state index contributed by atoms with van der Waals surface area (Å²) in [5.41, 5.74) is 2.24. The van der Waals surface area contributed by atoms with Gasteiger partial charge in [-0.25, -0.2) is 4.79 Å². The average molecular weight is 415 g/mol.